The van der Waals surface area contributed by atoms with E-state index in [9.17, 15) is 13.2 Å². The van der Waals surface area contributed by atoms with Crippen LogP contribution < -0.4 is 9.46 Å². The summed E-state index contributed by atoms with van der Waals surface area (Å²) in [7, 11) is -0.194. The van der Waals surface area contributed by atoms with Gasteiger partial charge >= 0.3 is 0 Å². The second kappa shape index (κ2) is 9.41. The third kappa shape index (κ3) is 5.80. The summed E-state index contributed by atoms with van der Waals surface area (Å²) in [5, 5.41) is 4.12. The molecular formula is C20H28N4O4S. The van der Waals surface area contributed by atoms with Gasteiger partial charge in [-0.3, -0.25) is 9.48 Å². The molecule has 158 valence electrons. The van der Waals surface area contributed by atoms with Crippen LogP contribution in [0.4, 0.5) is 0 Å². The van der Waals surface area contributed by atoms with Crippen molar-refractivity contribution in [2.45, 2.75) is 30.6 Å². The van der Waals surface area contributed by atoms with Gasteiger partial charge < -0.3 is 9.64 Å². The lowest BCUT2D eigenvalue weighted by Gasteiger charge is -2.33. The Morgan fingerprint density at radius 2 is 2.07 bits per heavy atom. The van der Waals surface area contributed by atoms with Gasteiger partial charge in [0.1, 0.15) is 5.75 Å². The molecule has 1 atom stereocenters. The van der Waals surface area contributed by atoms with Crippen molar-refractivity contribution < 1.29 is 17.9 Å². The number of aryl methyl sites for hydroxylation is 2. The summed E-state index contributed by atoms with van der Waals surface area (Å²) >= 11 is 0. The summed E-state index contributed by atoms with van der Waals surface area (Å²) in [5.74, 6) is 0.826. The molecule has 1 aromatic carbocycles. The molecule has 1 aliphatic rings. The summed E-state index contributed by atoms with van der Waals surface area (Å²) in [4.78, 5) is 14.6. The molecule has 1 amide bonds. The molecule has 0 aliphatic carbocycles. The molecule has 0 spiro atoms. The molecule has 1 aliphatic heterocycles. The minimum absolute atomic E-state index is 0.108. The van der Waals surface area contributed by atoms with Crippen LogP contribution in [0.2, 0.25) is 0 Å². The number of carbonyl (C=O) groups is 1. The SMILES string of the molecule is COc1ccc(S(=O)(=O)NCC2CCCN(C(=O)CCc3cnn(C)c3)C2)cc1. The number of hydrogen-bond donors (Lipinski definition) is 1. The van der Waals surface area contributed by atoms with Crippen LogP contribution in [0, 0.1) is 5.92 Å². The highest BCUT2D eigenvalue weighted by Gasteiger charge is 2.25. The number of aromatic nitrogens is 2. The van der Waals surface area contributed by atoms with Crippen molar-refractivity contribution in [3.05, 3.63) is 42.2 Å². The van der Waals surface area contributed by atoms with Crippen LogP contribution in [0.15, 0.2) is 41.6 Å². The van der Waals surface area contributed by atoms with Gasteiger partial charge in [0.25, 0.3) is 0 Å². The second-order valence-electron chi connectivity index (χ2n) is 7.40. The Hall–Kier alpha value is -2.39. The average molecular weight is 421 g/mol. The first kappa shape index (κ1) is 21.3. The quantitative estimate of drug-likeness (QED) is 0.700. The smallest absolute Gasteiger partial charge is 0.240 e. The van der Waals surface area contributed by atoms with Crippen LogP contribution in [0.25, 0.3) is 0 Å². The maximum Gasteiger partial charge on any atom is 0.240 e. The number of methoxy groups -OCH3 is 1. The number of sulfonamides is 1. The number of rotatable bonds is 8. The van der Waals surface area contributed by atoms with Crippen LogP contribution in [0.1, 0.15) is 24.8 Å². The van der Waals surface area contributed by atoms with Gasteiger partial charge in [-0.2, -0.15) is 5.10 Å². The van der Waals surface area contributed by atoms with E-state index in [0.29, 0.717) is 31.7 Å². The molecule has 1 aromatic heterocycles. The van der Waals surface area contributed by atoms with E-state index in [1.54, 1.807) is 23.0 Å². The van der Waals surface area contributed by atoms with Gasteiger partial charge in [0, 0.05) is 39.3 Å². The maximum absolute atomic E-state index is 12.6. The van der Waals surface area contributed by atoms with Crippen molar-refractivity contribution in [2.75, 3.05) is 26.7 Å². The highest BCUT2D eigenvalue weighted by Crippen LogP contribution is 2.19. The molecule has 8 nitrogen and oxygen atoms in total. The number of nitrogens with one attached hydrogen (secondary N) is 1. The highest BCUT2D eigenvalue weighted by atomic mass is 32.2. The number of carbonyl (C=O) groups excluding carboxylic acids is 1. The zero-order chi connectivity index (χ0) is 20.9. The van der Waals surface area contributed by atoms with Gasteiger partial charge in [-0.1, -0.05) is 0 Å². The standard InChI is InChI=1S/C20H28N4O4S/c1-23-14-17(12-21-23)5-10-20(25)24-11-3-4-16(15-24)13-22-29(26,27)19-8-6-18(28-2)7-9-19/h6-9,12,14,16,22H,3-5,10-11,13,15H2,1-2H3. The van der Waals surface area contributed by atoms with Crippen molar-refractivity contribution in [1.29, 1.82) is 0 Å². The van der Waals surface area contributed by atoms with Crippen molar-refractivity contribution >= 4 is 15.9 Å². The van der Waals surface area contributed by atoms with Crippen LogP contribution in [0.3, 0.4) is 0 Å². The van der Waals surface area contributed by atoms with E-state index >= 15 is 0 Å². The Balaban J connectivity index is 1.50. The highest BCUT2D eigenvalue weighted by molar-refractivity contribution is 7.89. The summed E-state index contributed by atoms with van der Waals surface area (Å²) < 4.78 is 34.5. The number of ether oxygens (including phenoxy) is 1. The predicted molar refractivity (Wildman–Crippen MR) is 109 cm³/mol. The number of piperidine rings is 1. The maximum atomic E-state index is 12.6. The Labute approximate surface area is 171 Å². The minimum Gasteiger partial charge on any atom is -0.497 e. The van der Waals surface area contributed by atoms with Crippen LogP contribution in [-0.4, -0.2) is 55.7 Å². The largest absolute Gasteiger partial charge is 0.497 e. The molecule has 9 heteroatoms. The number of hydrogen-bond acceptors (Lipinski definition) is 5. The molecule has 1 N–H and O–H groups in total. The normalized spacial score (nSPS) is 17.3. The molecule has 0 radical (unpaired) electrons. The molecule has 0 saturated carbocycles. The molecule has 29 heavy (non-hydrogen) atoms. The molecule has 1 fully saturated rings. The van der Waals surface area contributed by atoms with E-state index < -0.39 is 10.0 Å². The summed E-state index contributed by atoms with van der Waals surface area (Å²) in [5.41, 5.74) is 1.04. The first-order chi connectivity index (χ1) is 13.9. The molecule has 0 bridgehead atoms. The Kier molecular flexibility index (Phi) is 6.92. The number of nitrogens with zero attached hydrogens (tertiary/aromatic N) is 3. The third-order valence-corrected chi connectivity index (χ3v) is 6.63. The van der Waals surface area contributed by atoms with Gasteiger partial charge in [0.15, 0.2) is 0 Å². The molecule has 2 heterocycles. The van der Waals surface area contributed by atoms with E-state index in [0.717, 1.165) is 24.9 Å². The van der Waals surface area contributed by atoms with E-state index in [1.165, 1.54) is 19.2 Å². The average Bonchev–Trinajstić information content (AvgIpc) is 3.16. The molecule has 2 aromatic rings. The fourth-order valence-electron chi connectivity index (χ4n) is 3.53. The van der Waals surface area contributed by atoms with E-state index in [1.807, 2.05) is 18.1 Å². The van der Waals surface area contributed by atoms with Crippen molar-refractivity contribution in [2.24, 2.45) is 13.0 Å². The summed E-state index contributed by atoms with van der Waals surface area (Å²) in [6, 6.07) is 6.29. The Bertz CT molecular complexity index is 924. The number of amides is 1. The van der Waals surface area contributed by atoms with Gasteiger partial charge in [-0.05, 0) is 55.0 Å². The summed E-state index contributed by atoms with van der Waals surface area (Å²) in [6.45, 7) is 1.63. The molecule has 3 rings (SSSR count). The van der Waals surface area contributed by atoms with Crippen LogP contribution in [-0.2, 0) is 28.3 Å². The van der Waals surface area contributed by atoms with Gasteiger partial charge in [0.05, 0.1) is 18.2 Å². The van der Waals surface area contributed by atoms with E-state index in [2.05, 4.69) is 9.82 Å². The predicted octanol–water partition coefficient (Wildman–Crippen LogP) is 1.58. The second-order valence-corrected chi connectivity index (χ2v) is 9.16. The zero-order valence-corrected chi connectivity index (χ0v) is 17.7. The van der Waals surface area contributed by atoms with Gasteiger partial charge in [-0.25, -0.2) is 13.1 Å². The molecule has 1 saturated heterocycles. The topological polar surface area (TPSA) is 93.5 Å². The van der Waals surface area contributed by atoms with E-state index in [-0.39, 0.29) is 16.7 Å². The third-order valence-electron chi connectivity index (χ3n) is 5.19. The van der Waals surface area contributed by atoms with E-state index in [4.69, 9.17) is 4.74 Å². The number of likely N-dealkylation sites (tertiary alicyclic amines) is 1. The monoisotopic (exact) mass is 420 g/mol. The lowest BCUT2D eigenvalue weighted by molar-refractivity contribution is -0.132. The fourth-order valence-corrected chi connectivity index (χ4v) is 4.65. The minimum atomic E-state index is -3.58. The Morgan fingerprint density at radius 1 is 1.31 bits per heavy atom. The summed E-state index contributed by atoms with van der Waals surface area (Å²) in [6.07, 6.45) is 6.58. The van der Waals surface area contributed by atoms with Gasteiger partial charge in [-0.15, -0.1) is 0 Å². The lowest BCUT2D eigenvalue weighted by Crippen LogP contribution is -2.43. The molecular weight excluding hydrogens is 392 g/mol. The lowest BCUT2D eigenvalue weighted by atomic mass is 9.98. The first-order valence-corrected chi connectivity index (χ1v) is 11.2. The van der Waals surface area contributed by atoms with Crippen LogP contribution >= 0.6 is 0 Å². The number of benzene rings is 1. The molecule has 1 unspecified atom stereocenters. The van der Waals surface area contributed by atoms with Crippen molar-refractivity contribution in [1.82, 2.24) is 19.4 Å². The van der Waals surface area contributed by atoms with Crippen LogP contribution in [0.5, 0.6) is 5.75 Å². The zero-order valence-electron chi connectivity index (χ0n) is 16.9. The fraction of sp³-hybridized carbons (Fsp3) is 0.500. The Morgan fingerprint density at radius 3 is 2.72 bits per heavy atom. The first-order valence-electron chi connectivity index (χ1n) is 9.76. The van der Waals surface area contributed by atoms with Gasteiger partial charge in [0.2, 0.25) is 15.9 Å². The van der Waals surface area contributed by atoms with Crippen molar-refractivity contribution in [3.63, 3.8) is 0 Å². The van der Waals surface area contributed by atoms with Crippen molar-refractivity contribution in [3.8, 4) is 5.75 Å².